The van der Waals surface area contributed by atoms with Gasteiger partial charge in [-0.2, -0.15) is 5.10 Å². The lowest BCUT2D eigenvalue weighted by molar-refractivity contribution is 0.0950. The monoisotopic (exact) mass is 421 g/mol. The molecule has 3 rings (SSSR count). The zero-order valence-electron chi connectivity index (χ0n) is 17.8. The summed E-state index contributed by atoms with van der Waals surface area (Å²) in [5.74, 6) is -0.371. The molecule has 2 aromatic carbocycles. The van der Waals surface area contributed by atoms with Crippen molar-refractivity contribution in [1.82, 2.24) is 9.99 Å². The number of para-hydroxylation sites is 1. The molecule has 0 fully saturated rings. The van der Waals surface area contributed by atoms with E-state index in [2.05, 4.69) is 17.5 Å². The van der Waals surface area contributed by atoms with Gasteiger partial charge in [0.1, 0.15) is 17.1 Å². The highest BCUT2D eigenvalue weighted by Crippen LogP contribution is 2.26. The second-order valence-electron chi connectivity index (χ2n) is 7.23. The Bertz CT molecular complexity index is 1130. The molecule has 0 unspecified atom stereocenters. The molecule has 0 aliphatic heterocycles. The number of hydrogen-bond donors (Lipinski definition) is 2. The zero-order valence-corrected chi connectivity index (χ0v) is 17.8. The first-order valence-corrected chi connectivity index (χ1v) is 10.4. The van der Waals surface area contributed by atoms with E-state index in [0.717, 1.165) is 31.2 Å². The molecule has 7 heteroatoms. The molecule has 0 spiro atoms. The van der Waals surface area contributed by atoms with E-state index >= 15 is 0 Å². The average Bonchev–Trinajstić information content (AvgIpc) is 2.79. The number of hydrogen-bond acceptors (Lipinski definition) is 5. The Morgan fingerprint density at radius 2 is 1.87 bits per heavy atom. The van der Waals surface area contributed by atoms with Gasteiger partial charge in [-0.25, -0.2) is 5.43 Å². The van der Waals surface area contributed by atoms with Crippen molar-refractivity contribution in [2.45, 2.75) is 39.2 Å². The Morgan fingerprint density at radius 3 is 2.58 bits per heavy atom. The van der Waals surface area contributed by atoms with Crippen molar-refractivity contribution in [2.75, 3.05) is 7.11 Å². The molecule has 1 heterocycles. The number of aryl methyl sites for hydroxylation is 1. The van der Waals surface area contributed by atoms with E-state index in [0.29, 0.717) is 23.2 Å². The molecule has 0 aliphatic carbocycles. The molecule has 0 bridgehead atoms. The molecule has 3 aromatic rings. The maximum Gasteiger partial charge on any atom is 0.280 e. The van der Waals surface area contributed by atoms with Crippen LogP contribution in [-0.4, -0.2) is 28.9 Å². The van der Waals surface area contributed by atoms with Crippen molar-refractivity contribution >= 4 is 23.0 Å². The molecular formula is C24H27N3O4. The Hall–Kier alpha value is -3.61. The van der Waals surface area contributed by atoms with Crippen LogP contribution in [0.2, 0.25) is 0 Å². The van der Waals surface area contributed by atoms with Gasteiger partial charge in [-0.15, -0.1) is 0 Å². The molecule has 0 aliphatic rings. The van der Waals surface area contributed by atoms with Crippen molar-refractivity contribution in [3.05, 3.63) is 70.0 Å². The predicted molar refractivity (Wildman–Crippen MR) is 122 cm³/mol. The van der Waals surface area contributed by atoms with Crippen LogP contribution in [0.15, 0.2) is 58.4 Å². The maximum absolute atomic E-state index is 13.1. The van der Waals surface area contributed by atoms with Crippen LogP contribution >= 0.6 is 0 Å². The number of pyridine rings is 1. The summed E-state index contributed by atoms with van der Waals surface area (Å²) in [6.45, 7) is 2.60. The van der Waals surface area contributed by atoms with Crippen LogP contribution < -0.4 is 15.7 Å². The van der Waals surface area contributed by atoms with E-state index in [-0.39, 0.29) is 11.3 Å². The lowest BCUT2D eigenvalue weighted by atomic mass is 10.1. The largest absolute Gasteiger partial charge is 0.506 e. The lowest BCUT2D eigenvalue weighted by Gasteiger charge is -2.14. The van der Waals surface area contributed by atoms with E-state index in [1.165, 1.54) is 6.21 Å². The fourth-order valence-electron chi connectivity index (χ4n) is 3.42. The number of fused-ring (bicyclic) bond motifs is 1. The number of carbonyl (C=O) groups excluding carboxylic acids is 1. The molecule has 0 radical (unpaired) electrons. The Balaban J connectivity index is 1.88. The maximum atomic E-state index is 13.1. The molecule has 7 nitrogen and oxygen atoms in total. The fourth-order valence-corrected chi connectivity index (χ4v) is 3.42. The topological polar surface area (TPSA) is 92.9 Å². The van der Waals surface area contributed by atoms with Gasteiger partial charge in [0.05, 0.1) is 18.8 Å². The number of nitrogens with one attached hydrogen (secondary N) is 1. The number of amides is 1. The van der Waals surface area contributed by atoms with E-state index in [9.17, 15) is 14.7 Å². The number of hydrazone groups is 1. The highest BCUT2D eigenvalue weighted by Gasteiger charge is 2.21. The Morgan fingerprint density at radius 1 is 1.13 bits per heavy atom. The van der Waals surface area contributed by atoms with Gasteiger partial charge in [0.25, 0.3) is 11.5 Å². The highest BCUT2D eigenvalue weighted by molar-refractivity contribution is 6.02. The van der Waals surface area contributed by atoms with Gasteiger partial charge in [0, 0.05) is 11.9 Å². The molecule has 162 valence electrons. The van der Waals surface area contributed by atoms with Crippen LogP contribution in [0.25, 0.3) is 10.9 Å². The van der Waals surface area contributed by atoms with E-state index < -0.39 is 11.5 Å². The van der Waals surface area contributed by atoms with E-state index in [1.807, 2.05) is 6.07 Å². The molecular weight excluding hydrogens is 394 g/mol. The van der Waals surface area contributed by atoms with Crippen LogP contribution in [0.4, 0.5) is 0 Å². The Labute approximate surface area is 181 Å². The number of ether oxygens (including phenoxy) is 1. The van der Waals surface area contributed by atoms with Crippen LogP contribution in [0.5, 0.6) is 11.5 Å². The molecule has 1 aromatic heterocycles. The van der Waals surface area contributed by atoms with Crippen molar-refractivity contribution in [2.24, 2.45) is 5.10 Å². The standard InChI is InChI=1S/C24H27N3O4/c1-3-4-5-8-15-27-20-10-7-6-9-19(20)22(28)21(24(27)30)23(29)26-25-16-17-11-13-18(31-2)14-12-17/h6-7,9-14,16,28H,3-5,8,15H2,1-2H3,(H,26,29). The number of carbonyl (C=O) groups is 1. The first-order chi connectivity index (χ1) is 15.1. The number of benzene rings is 2. The number of methoxy groups -OCH3 is 1. The van der Waals surface area contributed by atoms with E-state index in [1.54, 1.807) is 54.1 Å². The summed E-state index contributed by atoms with van der Waals surface area (Å²) in [5.41, 5.74) is 2.88. The predicted octanol–water partition coefficient (Wildman–Crippen LogP) is 4.06. The summed E-state index contributed by atoms with van der Waals surface area (Å²) in [6.07, 6.45) is 5.44. The summed E-state index contributed by atoms with van der Waals surface area (Å²) < 4.78 is 6.67. The van der Waals surface area contributed by atoms with Crippen LogP contribution in [-0.2, 0) is 6.54 Å². The van der Waals surface area contributed by atoms with Gasteiger partial charge in [0.2, 0.25) is 0 Å². The molecule has 31 heavy (non-hydrogen) atoms. The normalized spacial score (nSPS) is 11.2. The van der Waals surface area contributed by atoms with E-state index in [4.69, 9.17) is 4.74 Å². The summed E-state index contributed by atoms with van der Waals surface area (Å²) in [4.78, 5) is 25.8. The number of nitrogens with zero attached hydrogens (tertiary/aromatic N) is 2. The van der Waals surface area contributed by atoms with Crippen LogP contribution in [0.3, 0.4) is 0 Å². The fraction of sp³-hybridized carbons (Fsp3) is 0.292. The Kier molecular flexibility index (Phi) is 7.43. The average molecular weight is 421 g/mol. The molecule has 0 saturated heterocycles. The van der Waals surface area contributed by atoms with Crippen molar-refractivity contribution in [3.63, 3.8) is 0 Å². The van der Waals surface area contributed by atoms with Crippen molar-refractivity contribution in [1.29, 1.82) is 0 Å². The minimum absolute atomic E-state index is 0.305. The van der Waals surface area contributed by atoms with Gasteiger partial charge in [-0.05, 0) is 48.4 Å². The van der Waals surface area contributed by atoms with Gasteiger partial charge in [0.15, 0.2) is 0 Å². The molecule has 2 N–H and O–H groups in total. The molecule has 1 amide bonds. The second kappa shape index (κ2) is 10.4. The van der Waals surface area contributed by atoms with Crippen LogP contribution in [0.1, 0.15) is 48.5 Å². The summed E-state index contributed by atoms with van der Waals surface area (Å²) in [6, 6.07) is 14.2. The molecule has 0 saturated carbocycles. The van der Waals surface area contributed by atoms with Gasteiger partial charge in [-0.1, -0.05) is 38.3 Å². The minimum Gasteiger partial charge on any atom is -0.506 e. The number of unbranched alkanes of at least 4 members (excludes halogenated alkanes) is 3. The quantitative estimate of drug-likeness (QED) is 0.310. The zero-order chi connectivity index (χ0) is 22.2. The van der Waals surface area contributed by atoms with Gasteiger partial charge in [-0.3, -0.25) is 9.59 Å². The third kappa shape index (κ3) is 5.12. The van der Waals surface area contributed by atoms with Crippen LogP contribution in [0, 0.1) is 0 Å². The summed E-state index contributed by atoms with van der Waals surface area (Å²) >= 11 is 0. The smallest absolute Gasteiger partial charge is 0.280 e. The van der Waals surface area contributed by atoms with Gasteiger partial charge < -0.3 is 14.4 Å². The van der Waals surface area contributed by atoms with Crippen molar-refractivity contribution in [3.8, 4) is 11.5 Å². The number of aromatic nitrogens is 1. The molecule has 0 atom stereocenters. The number of aromatic hydroxyl groups is 1. The SMILES string of the molecule is CCCCCCn1c(=O)c(C(=O)NN=Cc2ccc(OC)cc2)c(O)c2ccccc21. The lowest BCUT2D eigenvalue weighted by Crippen LogP contribution is -2.31. The summed E-state index contributed by atoms with van der Waals surface area (Å²) in [5, 5.41) is 15.1. The van der Waals surface area contributed by atoms with Gasteiger partial charge >= 0.3 is 0 Å². The summed E-state index contributed by atoms with van der Waals surface area (Å²) in [7, 11) is 1.58. The third-order valence-electron chi connectivity index (χ3n) is 5.10. The highest BCUT2D eigenvalue weighted by atomic mass is 16.5. The van der Waals surface area contributed by atoms with Crippen molar-refractivity contribution < 1.29 is 14.6 Å². The minimum atomic E-state index is -0.750. The number of rotatable bonds is 9. The third-order valence-corrected chi connectivity index (χ3v) is 5.10. The first-order valence-electron chi connectivity index (χ1n) is 10.4. The first kappa shape index (κ1) is 22.1. The second-order valence-corrected chi connectivity index (χ2v) is 7.23.